The summed E-state index contributed by atoms with van der Waals surface area (Å²) in [6, 6.07) is 13.7. The molecule has 0 saturated carbocycles. The molecule has 3 aromatic rings. The highest BCUT2D eigenvalue weighted by Crippen LogP contribution is 2.25. The van der Waals surface area contributed by atoms with Gasteiger partial charge in [-0.25, -0.2) is 4.98 Å². The number of hydrogen-bond donors (Lipinski definition) is 1. The lowest BCUT2D eigenvalue weighted by atomic mass is 10.00. The number of amides is 2. The fourth-order valence-corrected chi connectivity index (χ4v) is 4.13. The number of fused-ring (bicyclic) bond motifs is 1. The first-order chi connectivity index (χ1) is 14.9. The van der Waals surface area contributed by atoms with Crippen LogP contribution in [0.15, 0.2) is 48.8 Å². The van der Waals surface area contributed by atoms with E-state index in [9.17, 15) is 14.7 Å². The molecule has 8 heteroatoms. The van der Waals surface area contributed by atoms with Crippen molar-refractivity contribution in [3.63, 3.8) is 0 Å². The Hall–Kier alpha value is -3.23. The van der Waals surface area contributed by atoms with Gasteiger partial charge in [-0.1, -0.05) is 18.2 Å². The van der Waals surface area contributed by atoms with Crippen molar-refractivity contribution in [1.82, 2.24) is 19.4 Å². The first kappa shape index (κ1) is 19.7. The lowest BCUT2D eigenvalue weighted by Gasteiger charge is -2.42. The monoisotopic (exact) mass is 420 g/mol. The van der Waals surface area contributed by atoms with Crippen LogP contribution in [0.25, 0.3) is 22.2 Å². The molecule has 2 aliphatic heterocycles. The van der Waals surface area contributed by atoms with Crippen molar-refractivity contribution in [1.29, 1.82) is 0 Å². The lowest BCUT2D eigenvalue weighted by molar-refractivity contribution is -0.201. The molecule has 5 rings (SSSR count). The molecule has 0 bridgehead atoms. The van der Waals surface area contributed by atoms with E-state index in [4.69, 9.17) is 4.74 Å². The zero-order valence-corrected chi connectivity index (χ0v) is 17.3. The molecule has 3 heterocycles. The Bertz CT molecular complexity index is 1140. The second-order valence-electron chi connectivity index (χ2n) is 8.25. The zero-order chi connectivity index (χ0) is 21.6. The predicted octanol–water partition coefficient (Wildman–Crippen LogP) is 1.29. The van der Waals surface area contributed by atoms with Crippen molar-refractivity contribution in [3.05, 3.63) is 54.4 Å². The maximum absolute atomic E-state index is 12.9. The van der Waals surface area contributed by atoms with Crippen LogP contribution in [0.3, 0.4) is 0 Å². The van der Waals surface area contributed by atoms with Crippen LogP contribution in [0.5, 0.6) is 0 Å². The third kappa shape index (κ3) is 3.47. The predicted molar refractivity (Wildman–Crippen MR) is 114 cm³/mol. The largest absolute Gasteiger partial charge is 0.376 e. The van der Waals surface area contributed by atoms with E-state index in [1.807, 2.05) is 48.0 Å². The summed E-state index contributed by atoms with van der Waals surface area (Å²) in [5.74, 6) is -0.357. The highest BCUT2D eigenvalue weighted by molar-refractivity contribution is 5.95. The normalized spacial score (nSPS) is 18.1. The number of carbonyl (C=O) groups is 2. The van der Waals surface area contributed by atoms with Gasteiger partial charge in [0.15, 0.2) is 5.60 Å². The molecular weight excluding hydrogens is 396 g/mol. The minimum Gasteiger partial charge on any atom is -0.376 e. The molecule has 31 heavy (non-hydrogen) atoms. The maximum Gasteiger partial charge on any atom is 0.259 e. The molecule has 0 radical (unpaired) electrons. The minimum atomic E-state index is -1.39. The highest BCUT2D eigenvalue weighted by atomic mass is 16.5. The summed E-state index contributed by atoms with van der Waals surface area (Å²) in [7, 11) is 1.97. The van der Waals surface area contributed by atoms with Crippen LogP contribution in [0.4, 0.5) is 0 Å². The first-order valence-electron chi connectivity index (χ1n) is 10.3. The van der Waals surface area contributed by atoms with Crippen molar-refractivity contribution in [3.8, 4) is 11.1 Å². The molecule has 0 unspecified atom stereocenters. The highest BCUT2D eigenvalue weighted by Gasteiger charge is 2.46. The van der Waals surface area contributed by atoms with Crippen molar-refractivity contribution >= 4 is 22.8 Å². The molecule has 1 aromatic heterocycles. The molecule has 2 amide bonds. The maximum atomic E-state index is 12.9. The Kier molecular flexibility index (Phi) is 4.75. The lowest BCUT2D eigenvalue weighted by Crippen LogP contribution is -2.64. The third-order valence-corrected chi connectivity index (χ3v) is 6.12. The van der Waals surface area contributed by atoms with Crippen LogP contribution in [0, 0.1) is 0 Å². The third-order valence-electron chi connectivity index (χ3n) is 6.12. The van der Waals surface area contributed by atoms with Crippen molar-refractivity contribution in [2.45, 2.75) is 5.60 Å². The standard InChI is InChI=1S/C23H24N4O4/c1-25-15-24-19-12-18(6-7-20(19)25)16-2-4-17(5-3-16)21(28)26-8-10-27(11-9-26)22(29)23(30)13-31-14-23/h2-7,12,15,30H,8-11,13-14H2,1H3. The number of aliphatic hydroxyl groups is 1. The van der Waals surface area contributed by atoms with Gasteiger partial charge < -0.3 is 24.2 Å². The van der Waals surface area contributed by atoms with Crippen LogP contribution in [0.1, 0.15) is 10.4 Å². The summed E-state index contributed by atoms with van der Waals surface area (Å²) in [6.45, 7) is 1.80. The van der Waals surface area contributed by atoms with E-state index in [1.54, 1.807) is 16.1 Å². The van der Waals surface area contributed by atoms with Gasteiger partial charge in [-0.2, -0.15) is 0 Å². The van der Waals surface area contributed by atoms with Crippen LogP contribution < -0.4 is 0 Å². The number of aromatic nitrogens is 2. The van der Waals surface area contributed by atoms with Crippen LogP contribution >= 0.6 is 0 Å². The molecule has 0 spiro atoms. The number of piperazine rings is 1. The number of hydrogen-bond acceptors (Lipinski definition) is 5. The van der Waals surface area contributed by atoms with E-state index in [-0.39, 0.29) is 25.0 Å². The Balaban J connectivity index is 1.24. The second-order valence-corrected chi connectivity index (χ2v) is 8.25. The quantitative estimate of drug-likeness (QED) is 0.690. The summed E-state index contributed by atoms with van der Waals surface area (Å²) in [5, 5.41) is 10.2. The van der Waals surface area contributed by atoms with Gasteiger partial charge >= 0.3 is 0 Å². The van der Waals surface area contributed by atoms with Gasteiger partial charge in [-0.15, -0.1) is 0 Å². The average Bonchev–Trinajstić information content (AvgIpc) is 3.17. The molecule has 2 aromatic carbocycles. The van der Waals surface area contributed by atoms with E-state index < -0.39 is 5.60 Å². The molecule has 8 nitrogen and oxygen atoms in total. The number of rotatable bonds is 3. The van der Waals surface area contributed by atoms with Gasteiger partial charge in [-0.3, -0.25) is 9.59 Å². The molecule has 2 fully saturated rings. The summed E-state index contributed by atoms with van der Waals surface area (Å²) in [6.07, 6.45) is 1.80. The summed E-state index contributed by atoms with van der Waals surface area (Å²) < 4.78 is 6.94. The number of ether oxygens (including phenoxy) is 1. The van der Waals surface area contributed by atoms with Gasteiger partial charge in [0, 0.05) is 38.8 Å². The van der Waals surface area contributed by atoms with Gasteiger partial charge in [0.05, 0.1) is 30.6 Å². The van der Waals surface area contributed by atoms with E-state index >= 15 is 0 Å². The van der Waals surface area contributed by atoms with E-state index in [0.717, 1.165) is 22.2 Å². The smallest absolute Gasteiger partial charge is 0.259 e. The fraction of sp³-hybridized carbons (Fsp3) is 0.348. The van der Waals surface area contributed by atoms with Crippen LogP contribution in [-0.2, 0) is 16.6 Å². The summed E-state index contributed by atoms with van der Waals surface area (Å²) >= 11 is 0. The SMILES string of the molecule is Cn1cnc2cc(-c3ccc(C(=O)N4CCN(C(=O)C5(O)COC5)CC4)cc3)ccc21. The van der Waals surface area contributed by atoms with Gasteiger partial charge in [0.25, 0.3) is 11.8 Å². The van der Waals surface area contributed by atoms with Gasteiger partial charge in [0.1, 0.15) is 0 Å². The second kappa shape index (κ2) is 7.47. The Morgan fingerprint density at radius 3 is 2.26 bits per heavy atom. The van der Waals surface area contributed by atoms with E-state index in [1.165, 1.54) is 0 Å². The Labute approximate surface area is 179 Å². The van der Waals surface area contributed by atoms with E-state index in [0.29, 0.717) is 31.7 Å². The minimum absolute atomic E-state index is 0.0462. The fourth-order valence-electron chi connectivity index (χ4n) is 4.13. The number of aryl methyl sites for hydroxylation is 1. The molecule has 1 N–H and O–H groups in total. The van der Waals surface area contributed by atoms with Crippen molar-refractivity contribution in [2.24, 2.45) is 7.05 Å². The topological polar surface area (TPSA) is 87.9 Å². The molecule has 160 valence electrons. The average molecular weight is 420 g/mol. The van der Waals surface area contributed by atoms with Crippen molar-refractivity contribution in [2.75, 3.05) is 39.4 Å². The zero-order valence-electron chi connectivity index (χ0n) is 17.3. The molecule has 2 aliphatic rings. The number of benzene rings is 2. The van der Waals surface area contributed by atoms with Gasteiger partial charge in [-0.05, 0) is 35.4 Å². The summed E-state index contributed by atoms with van der Waals surface area (Å²) in [5.41, 5.74) is 3.32. The van der Waals surface area contributed by atoms with Gasteiger partial charge in [0.2, 0.25) is 0 Å². The number of imidazole rings is 1. The van der Waals surface area contributed by atoms with Crippen molar-refractivity contribution < 1.29 is 19.4 Å². The number of nitrogens with zero attached hydrogens (tertiary/aromatic N) is 4. The molecule has 0 atom stereocenters. The molecule has 0 aliphatic carbocycles. The summed E-state index contributed by atoms with van der Waals surface area (Å²) in [4.78, 5) is 33.1. The molecule has 2 saturated heterocycles. The van der Waals surface area contributed by atoms with Crippen LogP contribution in [0.2, 0.25) is 0 Å². The molecular formula is C23H24N4O4. The Morgan fingerprint density at radius 1 is 0.968 bits per heavy atom. The Morgan fingerprint density at radius 2 is 1.61 bits per heavy atom. The van der Waals surface area contributed by atoms with E-state index in [2.05, 4.69) is 11.1 Å². The number of carbonyl (C=O) groups excluding carboxylic acids is 2. The first-order valence-corrected chi connectivity index (χ1v) is 10.3. The van der Waals surface area contributed by atoms with Crippen LogP contribution in [-0.4, -0.2) is 81.3 Å².